The van der Waals surface area contributed by atoms with Gasteiger partial charge in [-0.2, -0.15) is 6.08 Å². The average Bonchev–Trinajstić information content (AvgIpc) is 3.35. The van der Waals surface area contributed by atoms with Crippen LogP contribution in [0.1, 0.15) is 48.0 Å². The molecule has 1 aliphatic carbocycles. The van der Waals surface area contributed by atoms with Crippen LogP contribution in [-0.4, -0.2) is 73.6 Å². The third kappa shape index (κ3) is 29.7. The maximum Gasteiger partial charge on any atom is 0.0160 e. The molecule has 0 N–H and O–H groups in total. The van der Waals surface area contributed by atoms with Crippen molar-refractivity contribution in [1.82, 2.24) is 14.7 Å². The summed E-state index contributed by atoms with van der Waals surface area (Å²) in [5, 5.41) is 0. The number of nitrogens with zero attached hydrogens (tertiary/aromatic N) is 3. The fourth-order valence-electron chi connectivity index (χ4n) is 2.33. The Bertz CT molecular complexity index is 340. The smallest absolute Gasteiger partial charge is 0.0160 e. The van der Waals surface area contributed by atoms with Crippen molar-refractivity contribution in [3.05, 3.63) is 62.3 Å². The first-order valence-electron chi connectivity index (χ1n) is 11.3. The Hall–Kier alpha value is -0.537. The third-order valence-corrected chi connectivity index (χ3v) is 4.43. The van der Waals surface area contributed by atoms with Crippen LogP contribution < -0.4 is 0 Å². The second kappa shape index (κ2) is 33.1. The minimum atomic E-state index is 0. The van der Waals surface area contributed by atoms with E-state index in [4.69, 9.17) is 0 Å². The van der Waals surface area contributed by atoms with E-state index in [1.54, 1.807) is 0 Å². The summed E-state index contributed by atoms with van der Waals surface area (Å²) in [6.45, 7) is 33.8. The molecule has 0 radical (unpaired) electrons. The number of allylic oxidation sites excluding steroid dienone is 4. The number of hydrogen-bond acceptors (Lipinski definition) is 3. The van der Waals surface area contributed by atoms with Crippen LogP contribution in [0.2, 0.25) is 0 Å². The van der Waals surface area contributed by atoms with Gasteiger partial charge in [0, 0.05) is 45.8 Å². The summed E-state index contributed by atoms with van der Waals surface area (Å²) < 4.78 is 0. The van der Waals surface area contributed by atoms with Gasteiger partial charge in [-0.1, -0.05) is 59.8 Å². The van der Waals surface area contributed by atoms with Gasteiger partial charge in [0.15, 0.2) is 0 Å². The molecule has 0 bridgehead atoms. The van der Waals surface area contributed by atoms with Crippen molar-refractivity contribution in [3.8, 4) is 0 Å². The van der Waals surface area contributed by atoms with Crippen molar-refractivity contribution < 1.29 is 26.2 Å². The van der Waals surface area contributed by atoms with Crippen molar-refractivity contribution in [3.63, 3.8) is 0 Å². The van der Waals surface area contributed by atoms with Crippen LogP contribution in [0.25, 0.3) is 0 Å². The Morgan fingerprint density at radius 1 is 0.667 bits per heavy atom. The topological polar surface area (TPSA) is 9.72 Å². The summed E-state index contributed by atoms with van der Waals surface area (Å²) in [6.07, 6.45) is 15.8. The van der Waals surface area contributed by atoms with Crippen molar-refractivity contribution in [2.45, 2.75) is 48.0 Å². The van der Waals surface area contributed by atoms with Gasteiger partial charge in [-0.3, -0.25) is 6.08 Å². The van der Waals surface area contributed by atoms with E-state index in [1.165, 1.54) is 0 Å². The summed E-state index contributed by atoms with van der Waals surface area (Å²) in [7, 11) is 0. The van der Waals surface area contributed by atoms with Crippen molar-refractivity contribution in [2.75, 3.05) is 58.9 Å². The zero-order valence-corrected chi connectivity index (χ0v) is 23.5. The first-order valence-corrected chi connectivity index (χ1v) is 11.3. The maximum absolute atomic E-state index is 3.65. The van der Waals surface area contributed by atoms with Crippen molar-refractivity contribution in [1.29, 1.82) is 0 Å². The fourth-order valence-corrected chi connectivity index (χ4v) is 2.33. The van der Waals surface area contributed by atoms with Gasteiger partial charge in [-0.15, -0.1) is 26.2 Å². The van der Waals surface area contributed by atoms with Gasteiger partial charge in [0.25, 0.3) is 0 Å². The predicted molar refractivity (Wildman–Crippen MR) is 136 cm³/mol. The van der Waals surface area contributed by atoms with E-state index < -0.39 is 0 Å². The number of rotatable bonds is 12. The van der Waals surface area contributed by atoms with Gasteiger partial charge in [0.05, 0.1) is 0 Å². The molecule has 0 aromatic carbocycles. The molecular weight excluding hydrogens is 446 g/mol. The first kappa shape index (κ1) is 36.8. The molecule has 1 rings (SSSR count). The van der Waals surface area contributed by atoms with Crippen LogP contribution in [0, 0.1) is 6.08 Å². The molecule has 0 saturated carbocycles. The summed E-state index contributed by atoms with van der Waals surface area (Å²) in [6, 6.07) is 0. The van der Waals surface area contributed by atoms with Crippen LogP contribution >= 0.6 is 0 Å². The largest absolute Gasteiger partial charge is 0.300 e. The molecule has 4 heteroatoms. The van der Waals surface area contributed by atoms with E-state index in [9.17, 15) is 0 Å². The Balaban J connectivity index is -0.000000150. The Morgan fingerprint density at radius 2 is 0.967 bits per heavy atom. The van der Waals surface area contributed by atoms with Crippen molar-refractivity contribution >= 4 is 0 Å². The van der Waals surface area contributed by atoms with Crippen molar-refractivity contribution in [2.24, 2.45) is 0 Å². The normalized spacial score (nSPS) is 10.8. The van der Waals surface area contributed by atoms with E-state index in [-0.39, 0.29) is 26.2 Å². The van der Waals surface area contributed by atoms with E-state index in [1.807, 2.05) is 30.4 Å². The maximum atomic E-state index is 3.65. The molecule has 3 nitrogen and oxygen atoms in total. The molecule has 0 heterocycles. The van der Waals surface area contributed by atoms with Crippen LogP contribution in [-0.2, 0) is 26.2 Å². The van der Waals surface area contributed by atoms with Gasteiger partial charge in [-0.05, 0) is 39.3 Å². The molecule has 0 fully saturated rings. The molecule has 1 aliphatic rings. The molecule has 30 heavy (non-hydrogen) atoms. The molecule has 0 unspecified atom stereocenters. The summed E-state index contributed by atoms with van der Waals surface area (Å²) >= 11 is 0. The second-order valence-corrected chi connectivity index (χ2v) is 6.33. The van der Waals surface area contributed by atoms with E-state index >= 15 is 0 Å². The Morgan fingerprint density at radius 3 is 1.03 bits per heavy atom. The minimum absolute atomic E-state index is 0. The van der Waals surface area contributed by atoms with Gasteiger partial charge in [0.2, 0.25) is 0 Å². The summed E-state index contributed by atoms with van der Waals surface area (Å²) in [5.74, 6) is 0. The molecule has 174 valence electrons. The van der Waals surface area contributed by atoms with E-state index in [2.05, 4.69) is 88.1 Å². The van der Waals surface area contributed by atoms with Gasteiger partial charge >= 0.3 is 0 Å². The molecular formula is C26H50N3Zr-. The van der Waals surface area contributed by atoms with Crippen LogP contribution in [0.3, 0.4) is 0 Å². The predicted octanol–water partition coefficient (Wildman–Crippen LogP) is 5.85. The van der Waals surface area contributed by atoms with Gasteiger partial charge < -0.3 is 14.7 Å². The molecule has 0 saturated heterocycles. The first-order chi connectivity index (χ1) is 14.0. The van der Waals surface area contributed by atoms with Crippen LogP contribution in [0.5, 0.6) is 0 Å². The SMILES string of the molecule is C=CCN(CC)CC.C=CCN(CC)CC.C=CCN(CC)CC.[C-]1=CC=CC1.[Zr]. The quantitative estimate of drug-likeness (QED) is 0.248. The van der Waals surface area contributed by atoms with Gasteiger partial charge in [0.1, 0.15) is 0 Å². The molecule has 0 spiro atoms. The van der Waals surface area contributed by atoms with Gasteiger partial charge in [-0.25, -0.2) is 12.2 Å². The second-order valence-electron chi connectivity index (χ2n) is 6.33. The standard InChI is InChI=1S/3C7H15N.C5H5.Zr/c3*1-4-7-8(5-2)6-3;1-2-4-5-3-1;/h3*4H,1,5-7H2,2-3H3;1-3H,4H2;/q;;;-1;. The van der Waals surface area contributed by atoms with Crippen LogP contribution in [0.15, 0.2) is 56.2 Å². The number of hydrogen-bond donors (Lipinski definition) is 0. The molecule has 0 aromatic heterocycles. The van der Waals surface area contributed by atoms with E-state index in [0.717, 1.165) is 65.3 Å². The Kier molecular flexibility index (Phi) is 40.6. The molecule has 0 atom stereocenters. The minimum Gasteiger partial charge on any atom is -0.300 e. The zero-order chi connectivity index (χ0) is 22.8. The number of likely N-dealkylation sites (N-methyl/N-ethyl adjacent to an activating group) is 3. The zero-order valence-electron chi connectivity index (χ0n) is 21.0. The molecule has 0 aliphatic heterocycles. The fraction of sp³-hybridized carbons (Fsp3) is 0.615. The average molecular weight is 496 g/mol. The molecule has 0 amide bonds. The van der Waals surface area contributed by atoms with E-state index in [0.29, 0.717) is 0 Å². The third-order valence-electron chi connectivity index (χ3n) is 4.43. The Labute approximate surface area is 209 Å². The summed E-state index contributed by atoms with van der Waals surface area (Å²) in [5.41, 5.74) is 0. The monoisotopic (exact) mass is 494 g/mol. The summed E-state index contributed by atoms with van der Waals surface area (Å²) in [4.78, 5) is 6.94. The molecule has 0 aromatic rings. The van der Waals surface area contributed by atoms with Crippen LogP contribution in [0.4, 0.5) is 0 Å².